The summed E-state index contributed by atoms with van der Waals surface area (Å²) < 4.78 is 18.1. The largest absolute Gasteiger partial charge is 0.306 e. The predicted octanol–water partition coefficient (Wildman–Crippen LogP) is 3.00. The van der Waals surface area contributed by atoms with Crippen LogP contribution in [-0.4, -0.2) is 54.2 Å². The molecule has 1 fully saturated rings. The van der Waals surface area contributed by atoms with Gasteiger partial charge in [-0.15, -0.1) is 14.8 Å². The van der Waals surface area contributed by atoms with E-state index in [0.29, 0.717) is 28.6 Å². The lowest BCUT2D eigenvalue weighted by molar-refractivity contribution is 0.253. The van der Waals surface area contributed by atoms with Crippen LogP contribution in [0.3, 0.4) is 0 Å². The summed E-state index contributed by atoms with van der Waals surface area (Å²) in [4.78, 5) is 11.3. The van der Waals surface area contributed by atoms with Crippen LogP contribution in [0.25, 0.3) is 22.6 Å². The van der Waals surface area contributed by atoms with E-state index in [-0.39, 0.29) is 5.82 Å². The van der Waals surface area contributed by atoms with Crippen LogP contribution in [0.15, 0.2) is 24.5 Å². The highest BCUT2D eigenvalue weighted by Crippen LogP contribution is 2.29. The maximum Gasteiger partial charge on any atom is 0.179 e. The topological polar surface area (TPSA) is 63.6 Å². The van der Waals surface area contributed by atoms with Crippen molar-refractivity contribution in [2.24, 2.45) is 0 Å². The molecule has 0 amide bonds. The zero-order valence-corrected chi connectivity index (χ0v) is 16.2. The van der Waals surface area contributed by atoms with Gasteiger partial charge in [0.05, 0.1) is 11.4 Å². The highest BCUT2D eigenvalue weighted by Gasteiger charge is 2.22. The normalized spacial score (nSPS) is 16.4. The molecule has 4 aromatic rings. The number of hydrogen-bond donors (Lipinski definition) is 0. The molecule has 4 aromatic heterocycles. The lowest BCUT2D eigenvalue weighted by Crippen LogP contribution is -2.29. The lowest BCUT2D eigenvalue weighted by atomic mass is 9.94. The third kappa shape index (κ3) is 2.84. The number of halogens is 1. The molecule has 1 aliphatic rings. The first-order valence-corrected chi connectivity index (χ1v) is 9.56. The van der Waals surface area contributed by atoms with Crippen LogP contribution in [0.4, 0.5) is 4.39 Å². The number of likely N-dealkylation sites (tertiary alicyclic amines) is 1. The van der Waals surface area contributed by atoms with Gasteiger partial charge in [-0.1, -0.05) is 0 Å². The van der Waals surface area contributed by atoms with Gasteiger partial charge in [-0.05, 0) is 64.5 Å². The maximum absolute atomic E-state index is 14.8. The van der Waals surface area contributed by atoms with Crippen LogP contribution in [0.2, 0.25) is 0 Å². The number of nitrogens with zero attached hydrogens (tertiary/aromatic N) is 7. The molecule has 0 radical (unpaired) electrons. The molecule has 0 bridgehead atoms. The highest BCUT2D eigenvalue weighted by atomic mass is 19.1. The van der Waals surface area contributed by atoms with Crippen LogP contribution in [0.5, 0.6) is 0 Å². The summed E-state index contributed by atoms with van der Waals surface area (Å²) >= 11 is 0. The molecule has 5 rings (SSSR count). The van der Waals surface area contributed by atoms with Crippen LogP contribution in [0, 0.1) is 19.7 Å². The van der Waals surface area contributed by atoms with Gasteiger partial charge in [-0.2, -0.15) is 0 Å². The number of aryl methyl sites for hydroxylation is 2. The first kappa shape index (κ1) is 17.2. The lowest BCUT2D eigenvalue weighted by Gasteiger charge is -2.27. The van der Waals surface area contributed by atoms with Crippen molar-refractivity contribution in [1.82, 2.24) is 34.1 Å². The highest BCUT2D eigenvalue weighted by molar-refractivity contribution is 5.64. The SMILES string of the molecule is Cc1nc2c(C)cc(-c3cc(F)c4nc(C5CCN(C)CC5)cn4c3)nn2n1. The Bertz CT molecular complexity index is 1180. The van der Waals surface area contributed by atoms with Crippen LogP contribution >= 0.6 is 0 Å². The Kier molecular flexibility index (Phi) is 3.90. The molecule has 0 aromatic carbocycles. The third-order valence-corrected chi connectivity index (χ3v) is 5.56. The fourth-order valence-electron chi connectivity index (χ4n) is 3.98. The molecule has 28 heavy (non-hydrogen) atoms. The van der Waals surface area contributed by atoms with Crippen molar-refractivity contribution in [2.75, 3.05) is 20.1 Å². The summed E-state index contributed by atoms with van der Waals surface area (Å²) in [6.45, 7) is 5.88. The summed E-state index contributed by atoms with van der Waals surface area (Å²) in [5.74, 6) is 0.701. The summed E-state index contributed by atoms with van der Waals surface area (Å²) in [6.07, 6.45) is 5.96. The van der Waals surface area contributed by atoms with Crippen molar-refractivity contribution in [1.29, 1.82) is 0 Å². The molecule has 7 nitrogen and oxygen atoms in total. The Morgan fingerprint density at radius 3 is 2.57 bits per heavy atom. The van der Waals surface area contributed by atoms with E-state index in [1.54, 1.807) is 4.40 Å². The molecule has 0 aliphatic carbocycles. The maximum atomic E-state index is 14.8. The quantitative estimate of drug-likeness (QED) is 0.536. The monoisotopic (exact) mass is 379 g/mol. The number of fused-ring (bicyclic) bond motifs is 2. The van der Waals surface area contributed by atoms with E-state index in [0.717, 1.165) is 42.8 Å². The summed E-state index contributed by atoms with van der Waals surface area (Å²) in [5, 5.41) is 8.81. The Labute approximate surface area is 161 Å². The molecule has 0 atom stereocenters. The Morgan fingerprint density at radius 1 is 1.00 bits per heavy atom. The Hall–Kier alpha value is -2.87. The number of piperidine rings is 1. The van der Waals surface area contributed by atoms with Gasteiger partial charge < -0.3 is 9.30 Å². The molecule has 0 unspecified atom stereocenters. The van der Waals surface area contributed by atoms with Crippen LogP contribution in [-0.2, 0) is 0 Å². The van der Waals surface area contributed by atoms with E-state index in [2.05, 4.69) is 32.1 Å². The second-order valence-corrected chi connectivity index (χ2v) is 7.74. The van der Waals surface area contributed by atoms with E-state index in [1.807, 2.05) is 32.3 Å². The number of hydrogen-bond acceptors (Lipinski definition) is 5. The Morgan fingerprint density at radius 2 is 1.79 bits per heavy atom. The summed E-state index contributed by atoms with van der Waals surface area (Å²) in [7, 11) is 2.13. The average molecular weight is 379 g/mol. The minimum atomic E-state index is -0.342. The van der Waals surface area contributed by atoms with Gasteiger partial charge >= 0.3 is 0 Å². The molecular formula is C20H22FN7. The van der Waals surface area contributed by atoms with Crippen LogP contribution in [0.1, 0.15) is 35.8 Å². The van der Waals surface area contributed by atoms with Gasteiger partial charge in [-0.3, -0.25) is 0 Å². The average Bonchev–Trinajstić information content (AvgIpc) is 3.26. The first-order chi connectivity index (χ1) is 13.5. The second-order valence-electron chi connectivity index (χ2n) is 7.74. The van der Waals surface area contributed by atoms with E-state index in [1.165, 1.54) is 10.7 Å². The van der Waals surface area contributed by atoms with E-state index >= 15 is 0 Å². The van der Waals surface area contributed by atoms with Crippen molar-refractivity contribution in [3.05, 3.63) is 47.4 Å². The van der Waals surface area contributed by atoms with Gasteiger partial charge in [0.25, 0.3) is 0 Å². The minimum absolute atomic E-state index is 0.342. The number of rotatable bonds is 2. The van der Waals surface area contributed by atoms with Gasteiger partial charge in [0.15, 0.2) is 17.1 Å². The van der Waals surface area contributed by atoms with Gasteiger partial charge in [-0.25, -0.2) is 14.4 Å². The molecule has 0 N–H and O–H groups in total. The third-order valence-electron chi connectivity index (χ3n) is 5.56. The molecule has 1 aliphatic heterocycles. The molecule has 0 spiro atoms. The minimum Gasteiger partial charge on any atom is -0.306 e. The summed E-state index contributed by atoms with van der Waals surface area (Å²) in [5.41, 5.74) is 4.35. The molecular weight excluding hydrogens is 357 g/mol. The predicted molar refractivity (Wildman–Crippen MR) is 104 cm³/mol. The van der Waals surface area contributed by atoms with Gasteiger partial charge in [0.1, 0.15) is 5.82 Å². The molecule has 0 saturated carbocycles. The molecule has 1 saturated heterocycles. The Balaban J connectivity index is 1.57. The standard InChI is InChI=1S/C20H22FN7/c1-12-8-17(25-28-19(12)22-13(2)24-28)15-9-16(21)20-23-18(11-27(20)10-15)14-4-6-26(3)7-5-14/h8-11,14H,4-7H2,1-3H3. The van der Waals surface area contributed by atoms with Crippen molar-refractivity contribution < 1.29 is 4.39 Å². The molecule has 8 heteroatoms. The van der Waals surface area contributed by atoms with Crippen molar-refractivity contribution in [2.45, 2.75) is 32.6 Å². The van der Waals surface area contributed by atoms with Crippen molar-refractivity contribution in [3.8, 4) is 11.3 Å². The van der Waals surface area contributed by atoms with Gasteiger partial charge in [0.2, 0.25) is 0 Å². The first-order valence-electron chi connectivity index (χ1n) is 9.56. The number of pyridine rings is 1. The number of aromatic nitrogens is 6. The van der Waals surface area contributed by atoms with Gasteiger partial charge in [0, 0.05) is 23.9 Å². The summed E-state index contributed by atoms with van der Waals surface area (Å²) in [6, 6.07) is 3.41. The zero-order valence-electron chi connectivity index (χ0n) is 16.2. The van der Waals surface area contributed by atoms with E-state index in [4.69, 9.17) is 0 Å². The van der Waals surface area contributed by atoms with E-state index < -0.39 is 0 Å². The van der Waals surface area contributed by atoms with Crippen molar-refractivity contribution >= 4 is 11.3 Å². The fraction of sp³-hybridized carbons (Fsp3) is 0.400. The zero-order chi connectivity index (χ0) is 19.4. The molecule has 5 heterocycles. The van der Waals surface area contributed by atoms with Crippen LogP contribution < -0.4 is 0 Å². The second kappa shape index (κ2) is 6.34. The molecule has 144 valence electrons. The number of imidazole rings is 1. The fourth-order valence-corrected chi connectivity index (χ4v) is 3.98. The van der Waals surface area contributed by atoms with Crippen molar-refractivity contribution in [3.63, 3.8) is 0 Å². The smallest absolute Gasteiger partial charge is 0.179 e. The van der Waals surface area contributed by atoms with E-state index in [9.17, 15) is 4.39 Å².